The summed E-state index contributed by atoms with van der Waals surface area (Å²) in [4.78, 5) is 8.85. The second kappa shape index (κ2) is 12.4. The fraction of sp³-hybridized carbons (Fsp3) is 0.276. The maximum Gasteiger partial charge on any atom is 0.148 e. The molecule has 0 unspecified atom stereocenters. The van der Waals surface area contributed by atoms with Crippen molar-refractivity contribution in [2.24, 2.45) is 0 Å². The molecule has 9 nitrogen and oxygen atoms in total. The summed E-state index contributed by atoms with van der Waals surface area (Å²) in [5, 5.41) is 12.8. The molecule has 0 aliphatic heterocycles. The Hall–Kier alpha value is -4.09. The van der Waals surface area contributed by atoms with E-state index in [1.54, 1.807) is 12.3 Å². The van der Waals surface area contributed by atoms with Crippen molar-refractivity contribution in [1.82, 2.24) is 25.1 Å². The highest BCUT2D eigenvalue weighted by atomic mass is 32.2. The van der Waals surface area contributed by atoms with Crippen molar-refractivity contribution in [3.05, 3.63) is 84.6 Å². The second-order valence-corrected chi connectivity index (χ2v) is 11.9. The molecular formula is C29H31FN6O3S. The number of hydrogen-bond acceptors (Lipinski definition) is 8. The van der Waals surface area contributed by atoms with E-state index in [1.807, 2.05) is 47.1 Å². The van der Waals surface area contributed by atoms with Crippen molar-refractivity contribution < 1.29 is 17.5 Å². The van der Waals surface area contributed by atoms with Gasteiger partial charge < -0.3 is 15.4 Å². The highest BCUT2D eigenvalue weighted by Crippen LogP contribution is 2.28. The molecule has 40 heavy (non-hydrogen) atoms. The molecule has 3 aromatic carbocycles. The average Bonchev–Trinajstić information content (AvgIpc) is 3.31. The van der Waals surface area contributed by atoms with Gasteiger partial charge in [0.1, 0.15) is 33.5 Å². The van der Waals surface area contributed by atoms with Gasteiger partial charge in [-0.15, -0.1) is 0 Å². The summed E-state index contributed by atoms with van der Waals surface area (Å²) in [5.41, 5.74) is 3.43. The van der Waals surface area contributed by atoms with Crippen LogP contribution in [-0.2, 0) is 16.4 Å². The van der Waals surface area contributed by atoms with Gasteiger partial charge in [0.15, 0.2) is 0 Å². The predicted molar refractivity (Wildman–Crippen MR) is 155 cm³/mol. The summed E-state index contributed by atoms with van der Waals surface area (Å²) in [7, 11) is -2.93. The van der Waals surface area contributed by atoms with Crippen LogP contribution >= 0.6 is 0 Å². The Morgan fingerprint density at radius 3 is 2.75 bits per heavy atom. The third-order valence-corrected chi connectivity index (χ3v) is 7.35. The number of halogens is 1. The van der Waals surface area contributed by atoms with Crippen LogP contribution in [0.2, 0.25) is 0 Å². The maximum atomic E-state index is 13.6. The molecule has 0 saturated heterocycles. The number of fused-ring (bicyclic) bond motifs is 2. The first-order valence-corrected chi connectivity index (χ1v) is 15.1. The lowest BCUT2D eigenvalue weighted by Crippen LogP contribution is -2.23. The minimum Gasteiger partial charge on any atom is -0.494 e. The van der Waals surface area contributed by atoms with Crippen LogP contribution in [0.5, 0.6) is 5.75 Å². The third-order valence-electron chi connectivity index (χ3n) is 6.40. The van der Waals surface area contributed by atoms with Crippen molar-refractivity contribution >= 4 is 43.1 Å². The minimum absolute atomic E-state index is 0.149. The van der Waals surface area contributed by atoms with Crippen LogP contribution in [0.25, 0.3) is 21.8 Å². The number of nitrogens with zero attached hydrogens (tertiary/aromatic N) is 4. The van der Waals surface area contributed by atoms with Gasteiger partial charge in [-0.2, -0.15) is 5.10 Å². The van der Waals surface area contributed by atoms with Gasteiger partial charge in [0, 0.05) is 35.3 Å². The van der Waals surface area contributed by atoms with Crippen molar-refractivity contribution in [2.75, 3.05) is 37.0 Å². The average molecular weight is 563 g/mol. The first-order chi connectivity index (χ1) is 19.3. The molecule has 0 radical (unpaired) electrons. The summed E-state index contributed by atoms with van der Waals surface area (Å²) < 4.78 is 43.6. The van der Waals surface area contributed by atoms with Gasteiger partial charge in [0.2, 0.25) is 0 Å². The van der Waals surface area contributed by atoms with E-state index in [9.17, 15) is 12.8 Å². The Bertz CT molecular complexity index is 1720. The van der Waals surface area contributed by atoms with E-state index < -0.39 is 9.84 Å². The van der Waals surface area contributed by atoms with Crippen LogP contribution in [0.15, 0.2) is 73.2 Å². The smallest absolute Gasteiger partial charge is 0.148 e. The molecule has 5 aromatic rings. The summed E-state index contributed by atoms with van der Waals surface area (Å²) in [5.74, 6) is 1.30. The van der Waals surface area contributed by atoms with Gasteiger partial charge in [-0.05, 0) is 67.4 Å². The Kier molecular flexibility index (Phi) is 8.51. The van der Waals surface area contributed by atoms with Crippen LogP contribution in [-0.4, -0.2) is 59.9 Å². The highest BCUT2D eigenvalue weighted by molar-refractivity contribution is 7.90. The predicted octanol–water partition coefficient (Wildman–Crippen LogP) is 4.70. The first-order valence-electron chi connectivity index (χ1n) is 13.1. The van der Waals surface area contributed by atoms with Crippen molar-refractivity contribution in [3.8, 4) is 5.75 Å². The normalized spacial score (nSPS) is 11.8. The molecule has 0 atom stereocenters. The fourth-order valence-corrected chi connectivity index (χ4v) is 4.90. The van der Waals surface area contributed by atoms with E-state index in [4.69, 9.17) is 4.74 Å². The Morgan fingerprint density at radius 2 is 1.90 bits per heavy atom. The van der Waals surface area contributed by atoms with Gasteiger partial charge in [0.05, 0.1) is 36.1 Å². The molecule has 11 heteroatoms. The van der Waals surface area contributed by atoms with E-state index >= 15 is 0 Å². The molecule has 0 aliphatic rings. The number of anilines is 2. The zero-order valence-electron chi connectivity index (χ0n) is 22.2. The van der Waals surface area contributed by atoms with Crippen LogP contribution in [0.3, 0.4) is 0 Å². The third kappa shape index (κ3) is 7.30. The maximum absolute atomic E-state index is 13.6. The van der Waals surface area contributed by atoms with Gasteiger partial charge in [0.25, 0.3) is 0 Å². The van der Waals surface area contributed by atoms with Gasteiger partial charge in [-0.3, -0.25) is 4.68 Å². The minimum atomic E-state index is -2.93. The zero-order valence-corrected chi connectivity index (χ0v) is 23.0. The van der Waals surface area contributed by atoms with E-state index in [0.29, 0.717) is 25.5 Å². The van der Waals surface area contributed by atoms with Crippen molar-refractivity contribution in [1.29, 1.82) is 0 Å². The van der Waals surface area contributed by atoms with Crippen LogP contribution in [0.4, 0.5) is 15.9 Å². The second-order valence-electron chi connectivity index (χ2n) is 9.67. The van der Waals surface area contributed by atoms with Crippen LogP contribution < -0.4 is 15.4 Å². The van der Waals surface area contributed by atoms with Gasteiger partial charge in [-0.25, -0.2) is 22.8 Å². The molecule has 2 aromatic heterocycles. The molecule has 0 bridgehead atoms. The van der Waals surface area contributed by atoms with Crippen LogP contribution in [0.1, 0.15) is 18.4 Å². The molecule has 0 amide bonds. The molecule has 0 spiro atoms. The molecular weight excluding hydrogens is 531 g/mol. The number of benzene rings is 3. The van der Waals surface area contributed by atoms with E-state index in [-0.39, 0.29) is 11.6 Å². The van der Waals surface area contributed by atoms with Gasteiger partial charge >= 0.3 is 0 Å². The highest BCUT2D eigenvalue weighted by Gasteiger charge is 2.09. The zero-order chi connectivity index (χ0) is 28.0. The molecule has 0 fully saturated rings. The lowest BCUT2D eigenvalue weighted by atomic mass is 10.2. The van der Waals surface area contributed by atoms with Gasteiger partial charge in [-0.1, -0.05) is 12.1 Å². The summed E-state index contributed by atoms with van der Waals surface area (Å²) >= 11 is 0. The first kappa shape index (κ1) is 27.5. The number of nitrogens with one attached hydrogen (secondary N) is 2. The lowest BCUT2D eigenvalue weighted by Gasteiger charge is -2.11. The topological polar surface area (TPSA) is 111 Å². The number of hydrogen-bond donors (Lipinski definition) is 2. The SMILES string of the molecule is CS(=O)(=O)CCNCCCCOc1ccc2c(Nc3ccc4c(cnn4Cc4cccc(F)c4)c3)ncnc2c1. The van der Waals surface area contributed by atoms with Crippen molar-refractivity contribution in [3.63, 3.8) is 0 Å². The van der Waals surface area contributed by atoms with Crippen LogP contribution in [0, 0.1) is 5.82 Å². The molecule has 0 saturated carbocycles. The fourth-order valence-electron chi connectivity index (χ4n) is 4.39. The molecule has 0 aliphatic carbocycles. The molecule has 2 heterocycles. The van der Waals surface area contributed by atoms with E-state index in [0.717, 1.165) is 58.2 Å². The number of aromatic nitrogens is 4. The number of ether oxygens (including phenoxy) is 1. The summed E-state index contributed by atoms with van der Waals surface area (Å²) in [6.07, 6.45) is 6.30. The Morgan fingerprint density at radius 1 is 1.00 bits per heavy atom. The Labute approximate surface area is 232 Å². The monoisotopic (exact) mass is 562 g/mol. The molecule has 208 valence electrons. The standard InChI is InChI=1S/C29H31FN6O3S/c1-40(37,38)14-12-31-11-2-3-13-39-25-8-9-26-27(17-25)32-20-33-29(26)35-24-7-10-28-22(16-24)18-34-36(28)19-21-5-4-6-23(30)15-21/h4-10,15-18,20,31H,2-3,11-14,19H2,1H3,(H,32,33,35). The largest absolute Gasteiger partial charge is 0.494 e. The Balaban J connectivity index is 1.18. The molecule has 5 rings (SSSR count). The summed E-state index contributed by atoms with van der Waals surface area (Å²) in [6.45, 7) is 2.26. The number of rotatable bonds is 13. The lowest BCUT2D eigenvalue weighted by molar-refractivity contribution is 0.306. The molecule has 2 N–H and O–H groups in total. The van der Waals surface area contributed by atoms with E-state index in [2.05, 4.69) is 25.7 Å². The summed E-state index contributed by atoms with van der Waals surface area (Å²) in [6, 6.07) is 18.2. The number of unbranched alkanes of at least 4 members (excludes halogenated alkanes) is 1. The van der Waals surface area contributed by atoms with Crippen molar-refractivity contribution in [2.45, 2.75) is 19.4 Å². The van der Waals surface area contributed by atoms with E-state index in [1.165, 1.54) is 24.7 Å². The quantitative estimate of drug-likeness (QED) is 0.199. The number of sulfone groups is 1.